The van der Waals surface area contributed by atoms with Crippen molar-refractivity contribution in [2.75, 3.05) is 11.1 Å². The summed E-state index contributed by atoms with van der Waals surface area (Å²) in [6.45, 7) is 6.44. The maximum atomic E-state index is 12.6. The van der Waals surface area contributed by atoms with Gasteiger partial charge in [0.15, 0.2) is 16.1 Å². The molecule has 4 aromatic rings. The number of nitrogens with one attached hydrogen (secondary N) is 2. The molecule has 0 unspecified atom stereocenters. The molecule has 2 heterocycles. The normalized spacial score (nSPS) is 11.8. The van der Waals surface area contributed by atoms with E-state index in [0.29, 0.717) is 33.2 Å². The Balaban J connectivity index is 1.34. The molecular formula is C25H25ClN6O2S2. The molecule has 0 aliphatic rings. The zero-order valence-corrected chi connectivity index (χ0v) is 22.4. The molecule has 8 nitrogen and oxygen atoms in total. The molecule has 0 spiro atoms. The fraction of sp³-hybridized carbons (Fsp3) is 0.240. The minimum Gasteiger partial charge on any atom is -0.342 e. The molecule has 4 rings (SSSR count). The second-order valence-electron chi connectivity index (χ2n) is 8.03. The molecule has 2 N–H and O–H groups in total. The van der Waals surface area contributed by atoms with Crippen LogP contribution in [0.15, 0.2) is 59.1 Å². The van der Waals surface area contributed by atoms with E-state index in [4.69, 9.17) is 11.6 Å². The summed E-state index contributed by atoms with van der Waals surface area (Å²) in [5.74, 6) is 0.363. The van der Waals surface area contributed by atoms with Crippen LogP contribution in [0, 0.1) is 6.92 Å². The predicted octanol–water partition coefficient (Wildman–Crippen LogP) is 5.61. The lowest BCUT2D eigenvalue weighted by Gasteiger charge is -2.15. The summed E-state index contributed by atoms with van der Waals surface area (Å²) in [7, 11) is 0. The highest BCUT2D eigenvalue weighted by Gasteiger charge is 2.20. The number of amides is 2. The number of hydrogen-bond acceptors (Lipinski definition) is 7. The van der Waals surface area contributed by atoms with Crippen LogP contribution < -0.4 is 10.6 Å². The molecule has 0 saturated carbocycles. The van der Waals surface area contributed by atoms with Crippen LogP contribution >= 0.6 is 34.7 Å². The summed E-state index contributed by atoms with van der Waals surface area (Å²) < 4.78 is 1.89. The van der Waals surface area contributed by atoms with Crippen LogP contribution in [0.1, 0.15) is 41.6 Å². The summed E-state index contributed by atoms with van der Waals surface area (Å²) in [5, 5.41) is 17.9. The summed E-state index contributed by atoms with van der Waals surface area (Å²) in [6, 6.07) is 14.4. The fourth-order valence-corrected chi connectivity index (χ4v) is 5.11. The van der Waals surface area contributed by atoms with Gasteiger partial charge in [-0.15, -0.1) is 21.5 Å². The van der Waals surface area contributed by atoms with Crippen molar-refractivity contribution in [2.24, 2.45) is 0 Å². The van der Waals surface area contributed by atoms with Gasteiger partial charge < -0.3 is 15.2 Å². The third kappa shape index (κ3) is 6.31. The number of thiazole rings is 1. The molecule has 186 valence electrons. The summed E-state index contributed by atoms with van der Waals surface area (Å²) in [4.78, 5) is 29.6. The first kappa shape index (κ1) is 25.9. The van der Waals surface area contributed by atoms with E-state index >= 15 is 0 Å². The molecule has 11 heteroatoms. The van der Waals surface area contributed by atoms with E-state index in [-0.39, 0.29) is 23.6 Å². The molecule has 0 aliphatic heterocycles. The Morgan fingerprint density at radius 2 is 1.83 bits per heavy atom. The van der Waals surface area contributed by atoms with Crippen molar-refractivity contribution in [2.45, 2.75) is 38.5 Å². The van der Waals surface area contributed by atoms with Crippen LogP contribution in [0.25, 0.3) is 11.3 Å². The zero-order valence-electron chi connectivity index (χ0n) is 20.0. The first-order valence-electron chi connectivity index (χ1n) is 11.3. The number of aromatic nitrogens is 4. The monoisotopic (exact) mass is 540 g/mol. The number of carbonyl (C=O) groups excluding carboxylic acids is 2. The predicted molar refractivity (Wildman–Crippen MR) is 145 cm³/mol. The number of carbonyl (C=O) groups is 2. The summed E-state index contributed by atoms with van der Waals surface area (Å²) in [5.41, 5.74) is 3.52. The number of hydrogen-bond donors (Lipinski definition) is 2. The summed E-state index contributed by atoms with van der Waals surface area (Å²) >= 11 is 8.57. The molecule has 2 aromatic heterocycles. The number of aryl methyl sites for hydroxylation is 1. The number of halogens is 1. The van der Waals surface area contributed by atoms with E-state index in [9.17, 15) is 9.59 Å². The lowest BCUT2D eigenvalue weighted by Crippen LogP contribution is -2.28. The smallest absolute Gasteiger partial charge is 0.251 e. The second-order valence-corrected chi connectivity index (χ2v) is 10.3. The zero-order chi connectivity index (χ0) is 25.7. The minimum absolute atomic E-state index is 0.156. The molecule has 0 radical (unpaired) electrons. The van der Waals surface area contributed by atoms with Crippen molar-refractivity contribution >= 4 is 51.6 Å². The van der Waals surface area contributed by atoms with Gasteiger partial charge in [0.25, 0.3) is 5.91 Å². The molecule has 2 amide bonds. The quantitative estimate of drug-likeness (QED) is 0.268. The molecule has 0 fully saturated rings. The van der Waals surface area contributed by atoms with Crippen LogP contribution in [-0.2, 0) is 11.3 Å². The van der Waals surface area contributed by atoms with Gasteiger partial charge >= 0.3 is 0 Å². The van der Waals surface area contributed by atoms with Crippen molar-refractivity contribution in [1.29, 1.82) is 0 Å². The first-order valence-corrected chi connectivity index (χ1v) is 13.5. The van der Waals surface area contributed by atoms with Gasteiger partial charge in [-0.3, -0.25) is 9.59 Å². The Morgan fingerprint density at radius 3 is 2.53 bits per heavy atom. The number of thioether (sulfide) groups is 1. The largest absolute Gasteiger partial charge is 0.342 e. The Hall–Kier alpha value is -3.21. The van der Waals surface area contributed by atoms with Gasteiger partial charge in [-0.25, -0.2) is 4.98 Å². The van der Waals surface area contributed by atoms with Crippen LogP contribution in [0.3, 0.4) is 0 Å². The van der Waals surface area contributed by atoms with Crippen LogP contribution in [0.4, 0.5) is 5.13 Å². The lowest BCUT2D eigenvalue weighted by molar-refractivity contribution is -0.113. The highest BCUT2D eigenvalue weighted by atomic mass is 35.5. The van der Waals surface area contributed by atoms with Gasteiger partial charge in [0, 0.05) is 28.1 Å². The third-order valence-electron chi connectivity index (χ3n) is 5.33. The van der Waals surface area contributed by atoms with E-state index in [1.54, 1.807) is 24.3 Å². The highest BCUT2D eigenvalue weighted by molar-refractivity contribution is 7.99. The van der Waals surface area contributed by atoms with Crippen molar-refractivity contribution in [3.05, 3.63) is 75.9 Å². The van der Waals surface area contributed by atoms with Gasteiger partial charge in [0.2, 0.25) is 5.91 Å². The van der Waals surface area contributed by atoms with Crippen molar-refractivity contribution in [3.8, 4) is 11.3 Å². The maximum absolute atomic E-state index is 12.6. The van der Waals surface area contributed by atoms with Gasteiger partial charge in [-0.2, -0.15) is 0 Å². The van der Waals surface area contributed by atoms with Crippen LogP contribution in [-0.4, -0.2) is 37.3 Å². The standard InChI is InChI=1S/C25H25ClN6O2S2/c1-4-32-22(16(3)27-23(34)18-9-11-19(26)12-10-18)30-31-25(32)36-14-21(33)29-24-28-20(13-35-24)17-7-5-15(2)6-8-17/h5-13,16H,4,14H2,1-3H3,(H,27,34)(H,28,29,33)/t16-/m1/s1. The SMILES string of the molecule is CCn1c(SCC(=O)Nc2nc(-c3ccc(C)cc3)cs2)nnc1[C@@H](C)NC(=O)c1ccc(Cl)cc1. The van der Waals surface area contributed by atoms with E-state index in [2.05, 4.69) is 25.8 Å². The van der Waals surface area contributed by atoms with Crippen molar-refractivity contribution < 1.29 is 9.59 Å². The molecule has 0 aliphatic carbocycles. The van der Waals surface area contributed by atoms with Gasteiger partial charge in [-0.1, -0.05) is 53.2 Å². The van der Waals surface area contributed by atoms with Crippen molar-refractivity contribution in [1.82, 2.24) is 25.1 Å². The molecule has 36 heavy (non-hydrogen) atoms. The third-order valence-corrected chi connectivity index (χ3v) is 7.31. The second kappa shape index (κ2) is 11.7. The number of rotatable bonds is 9. The van der Waals surface area contributed by atoms with Crippen LogP contribution in [0.2, 0.25) is 5.02 Å². The lowest BCUT2D eigenvalue weighted by atomic mass is 10.1. The molecule has 1 atom stereocenters. The van der Waals surface area contributed by atoms with Crippen molar-refractivity contribution in [3.63, 3.8) is 0 Å². The molecule has 2 aromatic carbocycles. The molecule has 0 saturated heterocycles. The number of benzene rings is 2. The number of anilines is 1. The van der Waals surface area contributed by atoms with Gasteiger partial charge in [-0.05, 0) is 45.0 Å². The number of nitrogens with zero attached hydrogens (tertiary/aromatic N) is 4. The average molecular weight is 541 g/mol. The molecule has 0 bridgehead atoms. The summed E-state index contributed by atoms with van der Waals surface area (Å²) in [6.07, 6.45) is 0. The van der Waals surface area contributed by atoms with E-state index < -0.39 is 0 Å². The van der Waals surface area contributed by atoms with E-state index in [1.807, 2.05) is 55.0 Å². The Kier molecular flexibility index (Phi) is 8.40. The first-order chi connectivity index (χ1) is 17.3. The Bertz CT molecular complexity index is 1350. The topological polar surface area (TPSA) is 102 Å². The highest BCUT2D eigenvalue weighted by Crippen LogP contribution is 2.26. The van der Waals surface area contributed by atoms with Gasteiger partial charge in [0.05, 0.1) is 17.5 Å². The Labute approximate surface area is 222 Å². The van der Waals surface area contributed by atoms with Crippen LogP contribution in [0.5, 0.6) is 0 Å². The minimum atomic E-state index is -0.376. The van der Waals surface area contributed by atoms with E-state index in [1.165, 1.54) is 28.7 Å². The average Bonchev–Trinajstić information content (AvgIpc) is 3.50. The maximum Gasteiger partial charge on any atom is 0.251 e. The molecular weight excluding hydrogens is 516 g/mol. The van der Waals surface area contributed by atoms with E-state index in [0.717, 1.165) is 11.3 Å². The fourth-order valence-electron chi connectivity index (χ4n) is 3.44. The van der Waals surface area contributed by atoms with Gasteiger partial charge in [0.1, 0.15) is 0 Å². The Morgan fingerprint density at radius 1 is 1.11 bits per heavy atom.